The second-order valence-corrected chi connectivity index (χ2v) is 5.93. The number of rotatable bonds is 4. The Balaban J connectivity index is 1.82. The number of aliphatic hydroxyl groups is 1. The number of H-pyrrole nitrogens is 1. The fraction of sp³-hybridized carbons (Fsp3) is 0.150. The van der Waals surface area contributed by atoms with Crippen LogP contribution in [-0.2, 0) is 4.74 Å². The van der Waals surface area contributed by atoms with Gasteiger partial charge >= 0.3 is 5.97 Å². The molecule has 0 unspecified atom stereocenters. The van der Waals surface area contributed by atoms with Crippen LogP contribution in [0.4, 0.5) is 0 Å². The number of ether oxygens (including phenoxy) is 1. The highest BCUT2D eigenvalue weighted by molar-refractivity contribution is 5.91. The van der Waals surface area contributed by atoms with Crippen molar-refractivity contribution in [2.45, 2.75) is 13.8 Å². The molecule has 2 N–H and O–H groups in total. The zero-order valence-corrected chi connectivity index (χ0v) is 14.4. The Labute approximate surface area is 150 Å². The van der Waals surface area contributed by atoms with E-state index in [0.29, 0.717) is 11.1 Å². The Morgan fingerprint density at radius 2 is 2.04 bits per heavy atom. The summed E-state index contributed by atoms with van der Waals surface area (Å²) >= 11 is 0. The summed E-state index contributed by atoms with van der Waals surface area (Å²) in [6.07, 6.45) is 0. The minimum absolute atomic E-state index is 0.0602. The van der Waals surface area contributed by atoms with Crippen molar-refractivity contribution in [1.29, 1.82) is 5.26 Å². The zero-order chi connectivity index (χ0) is 18.7. The fourth-order valence-electron chi connectivity index (χ4n) is 2.56. The average Bonchev–Trinajstić information content (AvgIpc) is 3.06. The van der Waals surface area contributed by atoms with Gasteiger partial charge in [0.1, 0.15) is 18.2 Å². The van der Waals surface area contributed by atoms with Crippen molar-refractivity contribution in [1.82, 2.24) is 9.97 Å². The van der Waals surface area contributed by atoms with Gasteiger partial charge < -0.3 is 14.8 Å². The molecule has 0 aliphatic heterocycles. The molecular weight excluding hydrogens is 330 g/mol. The van der Waals surface area contributed by atoms with Crippen molar-refractivity contribution in [3.8, 4) is 6.07 Å². The lowest BCUT2D eigenvalue weighted by Gasteiger charge is -2.08. The Kier molecular flexibility index (Phi) is 4.72. The van der Waals surface area contributed by atoms with Crippen LogP contribution in [0.3, 0.4) is 0 Å². The van der Waals surface area contributed by atoms with Crippen LogP contribution < -0.4 is 0 Å². The SMILES string of the molecule is Cc1ccc(C)c(C(=O)OCC(O)=C(C#N)c2nc3ccccc3[nH]2)c1. The number of nitriles is 1. The first-order valence-corrected chi connectivity index (χ1v) is 8.01. The maximum Gasteiger partial charge on any atom is 0.338 e. The summed E-state index contributed by atoms with van der Waals surface area (Å²) in [4.78, 5) is 19.5. The molecule has 0 atom stereocenters. The molecule has 3 aromatic rings. The third-order valence-electron chi connectivity index (χ3n) is 3.98. The van der Waals surface area contributed by atoms with E-state index in [4.69, 9.17) is 4.74 Å². The summed E-state index contributed by atoms with van der Waals surface area (Å²) in [6.45, 7) is 3.27. The third-order valence-corrected chi connectivity index (χ3v) is 3.98. The maximum absolute atomic E-state index is 12.2. The number of hydrogen-bond donors (Lipinski definition) is 2. The predicted octanol–water partition coefficient (Wildman–Crippen LogP) is 3.83. The van der Waals surface area contributed by atoms with Gasteiger partial charge in [0.15, 0.2) is 11.6 Å². The summed E-state index contributed by atoms with van der Waals surface area (Å²) in [5.41, 5.74) is 3.50. The molecule has 1 heterocycles. The number of hydrogen-bond acceptors (Lipinski definition) is 5. The highest BCUT2D eigenvalue weighted by Crippen LogP contribution is 2.19. The van der Waals surface area contributed by atoms with Crippen LogP contribution in [0.1, 0.15) is 27.3 Å². The number of carbonyl (C=O) groups excluding carboxylic acids is 1. The van der Waals surface area contributed by atoms with Gasteiger partial charge in [-0.05, 0) is 37.6 Å². The van der Waals surface area contributed by atoms with Gasteiger partial charge in [-0.25, -0.2) is 9.78 Å². The van der Waals surface area contributed by atoms with E-state index in [0.717, 1.165) is 16.6 Å². The Morgan fingerprint density at radius 3 is 2.77 bits per heavy atom. The van der Waals surface area contributed by atoms with Crippen molar-refractivity contribution in [2.24, 2.45) is 0 Å². The average molecular weight is 347 g/mol. The van der Waals surface area contributed by atoms with Gasteiger partial charge in [-0.15, -0.1) is 0 Å². The topological polar surface area (TPSA) is 99.0 Å². The van der Waals surface area contributed by atoms with Crippen LogP contribution in [0.5, 0.6) is 0 Å². The fourth-order valence-corrected chi connectivity index (χ4v) is 2.56. The number of esters is 1. The van der Waals surface area contributed by atoms with Gasteiger partial charge in [0, 0.05) is 0 Å². The highest BCUT2D eigenvalue weighted by Gasteiger charge is 2.16. The standard InChI is InChI=1S/C20H17N3O3/c1-12-7-8-13(2)14(9-12)20(25)26-11-18(24)15(10-21)19-22-16-5-3-4-6-17(16)23-19/h3-9,24H,11H2,1-2H3,(H,22,23). The lowest BCUT2D eigenvalue weighted by molar-refractivity contribution is 0.0502. The van der Waals surface area contributed by atoms with Crippen molar-refractivity contribution < 1.29 is 14.6 Å². The van der Waals surface area contributed by atoms with E-state index in [1.54, 1.807) is 19.1 Å². The minimum atomic E-state index is -0.556. The van der Waals surface area contributed by atoms with Gasteiger partial charge in [0.05, 0.1) is 16.6 Å². The van der Waals surface area contributed by atoms with Gasteiger partial charge in [0.25, 0.3) is 0 Å². The molecule has 0 amide bonds. The van der Waals surface area contributed by atoms with E-state index in [9.17, 15) is 15.2 Å². The molecule has 0 aliphatic carbocycles. The van der Waals surface area contributed by atoms with E-state index in [1.807, 2.05) is 43.3 Å². The normalized spacial score (nSPS) is 11.7. The summed E-state index contributed by atoms with van der Waals surface area (Å²) in [7, 11) is 0. The number of aryl methyl sites for hydroxylation is 2. The van der Waals surface area contributed by atoms with E-state index in [-0.39, 0.29) is 17.2 Å². The van der Waals surface area contributed by atoms with Crippen LogP contribution in [0.25, 0.3) is 16.6 Å². The van der Waals surface area contributed by atoms with Crippen LogP contribution >= 0.6 is 0 Å². The van der Waals surface area contributed by atoms with E-state index < -0.39 is 12.6 Å². The van der Waals surface area contributed by atoms with E-state index in [1.165, 1.54) is 0 Å². The number of benzene rings is 2. The molecule has 1 aromatic heterocycles. The number of aromatic nitrogens is 2. The smallest absolute Gasteiger partial charge is 0.338 e. The molecule has 0 radical (unpaired) electrons. The second kappa shape index (κ2) is 7.11. The van der Waals surface area contributed by atoms with Crippen molar-refractivity contribution in [3.63, 3.8) is 0 Å². The summed E-state index contributed by atoms with van der Waals surface area (Å²) in [5, 5.41) is 19.6. The highest BCUT2D eigenvalue weighted by atomic mass is 16.5. The number of para-hydroxylation sites is 2. The Morgan fingerprint density at radius 1 is 1.27 bits per heavy atom. The Bertz CT molecular complexity index is 1020. The number of fused-ring (bicyclic) bond motifs is 1. The van der Waals surface area contributed by atoms with Gasteiger partial charge in [-0.3, -0.25) is 0 Å². The molecule has 0 aliphatic rings. The number of nitrogens with one attached hydrogen (secondary N) is 1. The largest absolute Gasteiger partial charge is 0.507 e. The van der Waals surface area contributed by atoms with Crippen molar-refractivity contribution >= 4 is 22.6 Å². The van der Waals surface area contributed by atoms with Gasteiger partial charge in [-0.2, -0.15) is 5.26 Å². The molecule has 6 heteroatoms. The molecule has 0 fully saturated rings. The Hall–Kier alpha value is -3.59. The molecule has 0 saturated heterocycles. The number of aromatic amines is 1. The molecule has 26 heavy (non-hydrogen) atoms. The second-order valence-electron chi connectivity index (χ2n) is 5.93. The van der Waals surface area contributed by atoms with Crippen LogP contribution in [0.15, 0.2) is 48.2 Å². The summed E-state index contributed by atoms with van der Waals surface area (Å²) in [6, 6.07) is 14.6. The quantitative estimate of drug-likeness (QED) is 0.424. The first-order chi connectivity index (χ1) is 12.5. The number of allylic oxidation sites excluding steroid dienone is 1. The van der Waals surface area contributed by atoms with Crippen LogP contribution in [0.2, 0.25) is 0 Å². The van der Waals surface area contributed by atoms with Gasteiger partial charge in [-0.1, -0.05) is 29.8 Å². The summed E-state index contributed by atoms with van der Waals surface area (Å²) in [5.74, 6) is -0.682. The lowest BCUT2D eigenvalue weighted by Crippen LogP contribution is -2.11. The monoisotopic (exact) mass is 347 g/mol. The number of carbonyl (C=O) groups is 1. The van der Waals surface area contributed by atoms with Crippen LogP contribution in [-0.4, -0.2) is 27.7 Å². The third kappa shape index (κ3) is 3.42. The predicted molar refractivity (Wildman–Crippen MR) is 97.5 cm³/mol. The molecule has 6 nitrogen and oxygen atoms in total. The zero-order valence-electron chi connectivity index (χ0n) is 14.4. The lowest BCUT2D eigenvalue weighted by atomic mass is 10.1. The molecular formula is C20H17N3O3. The van der Waals surface area contributed by atoms with Crippen molar-refractivity contribution in [2.75, 3.05) is 6.61 Å². The minimum Gasteiger partial charge on any atom is -0.507 e. The van der Waals surface area contributed by atoms with Gasteiger partial charge in [0.2, 0.25) is 0 Å². The number of imidazole rings is 1. The first-order valence-electron chi connectivity index (χ1n) is 8.01. The van der Waals surface area contributed by atoms with Crippen LogP contribution in [0, 0.1) is 25.2 Å². The molecule has 0 bridgehead atoms. The molecule has 2 aromatic carbocycles. The van der Waals surface area contributed by atoms with E-state index >= 15 is 0 Å². The first kappa shape index (κ1) is 17.2. The maximum atomic E-state index is 12.2. The van der Waals surface area contributed by atoms with E-state index in [2.05, 4.69) is 9.97 Å². The number of aliphatic hydroxyl groups excluding tert-OH is 1. The molecule has 3 rings (SSSR count). The molecule has 0 spiro atoms. The van der Waals surface area contributed by atoms with Crippen molar-refractivity contribution in [3.05, 3.63) is 70.7 Å². The summed E-state index contributed by atoms with van der Waals surface area (Å²) < 4.78 is 5.16. The molecule has 130 valence electrons. The number of nitrogens with zero attached hydrogens (tertiary/aromatic N) is 2. The molecule has 0 saturated carbocycles.